The highest BCUT2D eigenvalue weighted by Crippen LogP contribution is 2.29. The number of rotatable bonds is 8. The average molecular weight is 499 g/mol. The van der Waals surface area contributed by atoms with E-state index in [2.05, 4.69) is 16.5 Å². The molecule has 190 valence electrons. The van der Waals surface area contributed by atoms with Gasteiger partial charge in [-0.15, -0.1) is 0 Å². The molecule has 0 fully saturated rings. The van der Waals surface area contributed by atoms with Gasteiger partial charge in [-0.3, -0.25) is 4.79 Å². The molecule has 3 N–H and O–H groups in total. The quantitative estimate of drug-likeness (QED) is 0.269. The minimum absolute atomic E-state index is 0.177. The summed E-state index contributed by atoms with van der Waals surface area (Å²) < 4.78 is 12.2. The zero-order valence-corrected chi connectivity index (χ0v) is 21.0. The number of carbonyl (C=O) groups excluding carboxylic acids is 1. The fraction of sp³-hybridized carbons (Fsp3) is 0.286. The highest BCUT2D eigenvalue weighted by atomic mass is 16.5. The van der Waals surface area contributed by atoms with E-state index in [0.717, 1.165) is 24.8 Å². The Bertz CT molecular complexity index is 1520. The number of fused-ring (bicyclic) bond motifs is 2. The number of nitrogens with two attached hydrogens (primary N) is 1. The van der Waals surface area contributed by atoms with Crippen LogP contribution in [0.3, 0.4) is 0 Å². The molecule has 1 aliphatic carbocycles. The molecule has 0 unspecified atom stereocenters. The molecule has 5 rings (SSSR count). The molecule has 0 bridgehead atoms. The Morgan fingerprint density at radius 3 is 2.62 bits per heavy atom. The van der Waals surface area contributed by atoms with Crippen molar-refractivity contribution in [3.63, 3.8) is 0 Å². The predicted octanol–water partition coefficient (Wildman–Crippen LogP) is 4.69. The van der Waals surface area contributed by atoms with Crippen molar-refractivity contribution in [1.82, 2.24) is 20.0 Å². The Hall–Kier alpha value is -4.40. The second kappa shape index (κ2) is 10.7. The molecule has 2 heterocycles. The van der Waals surface area contributed by atoms with Crippen LogP contribution in [0.2, 0.25) is 0 Å². The van der Waals surface area contributed by atoms with Crippen molar-refractivity contribution in [2.24, 2.45) is 5.10 Å². The first-order valence-electron chi connectivity index (χ1n) is 12.4. The fourth-order valence-corrected chi connectivity index (χ4v) is 4.60. The third-order valence-corrected chi connectivity index (χ3v) is 6.55. The summed E-state index contributed by atoms with van der Waals surface area (Å²) in [6, 6.07) is 13.0. The van der Waals surface area contributed by atoms with E-state index in [1.807, 2.05) is 30.3 Å². The van der Waals surface area contributed by atoms with E-state index in [1.54, 1.807) is 32.6 Å². The van der Waals surface area contributed by atoms with Crippen LogP contribution >= 0.6 is 0 Å². The van der Waals surface area contributed by atoms with Crippen molar-refractivity contribution in [3.05, 3.63) is 65.2 Å². The first-order valence-corrected chi connectivity index (χ1v) is 12.4. The maximum absolute atomic E-state index is 13.3. The van der Waals surface area contributed by atoms with E-state index < -0.39 is 0 Å². The maximum atomic E-state index is 13.3. The average Bonchev–Trinajstić information content (AvgIpc) is 3.20. The first kappa shape index (κ1) is 24.3. The number of para-hydroxylation sites is 2. The molecule has 2 aromatic carbocycles. The predicted molar refractivity (Wildman–Crippen MR) is 145 cm³/mol. The maximum Gasteiger partial charge on any atom is 0.257 e. The third kappa shape index (κ3) is 4.97. The molecule has 0 aliphatic heterocycles. The lowest BCUT2D eigenvalue weighted by Gasteiger charge is -2.13. The van der Waals surface area contributed by atoms with Crippen molar-refractivity contribution in [1.29, 1.82) is 0 Å². The Kier molecular flexibility index (Phi) is 7.02. The fourth-order valence-electron chi connectivity index (χ4n) is 4.60. The van der Waals surface area contributed by atoms with Crippen LogP contribution in [0.25, 0.3) is 22.2 Å². The topological polar surface area (TPSA) is 117 Å². The standard InChI is InChI=1S/C28H30N6O3/c1-36-22-13-12-19(16-23(22)37-2)17-31-34-26(29)24(28(35)30-15-14-18-8-4-3-5-9-18)25-27(34)33-21-11-7-6-10-20(21)32-25/h6-8,10-13,16-17H,3-5,9,14-15,29H2,1-2H3,(H,30,35). The second-order valence-corrected chi connectivity index (χ2v) is 8.93. The molecule has 37 heavy (non-hydrogen) atoms. The van der Waals surface area contributed by atoms with Crippen molar-refractivity contribution in [2.75, 3.05) is 26.5 Å². The molecule has 1 aliphatic rings. The third-order valence-electron chi connectivity index (χ3n) is 6.55. The summed E-state index contributed by atoms with van der Waals surface area (Å²) in [4.78, 5) is 22.8. The number of nitrogen functional groups attached to an aromatic ring is 1. The molecule has 0 radical (unpaired) electrons. The van der Waals surface area contributed by atoms with E-state index in [-0.39, 0.29) is 17.3 Å². The number of methoxy groups -OCH3 is 2. The number of allylic oxidation sites excluding steroid dienone is 1. The highest BCUT2D eigenvalue weighted by molar-refractivity contribution is 6.10. The lowest BCUT2D eigenvalue weighted by atomic mass is 9.97. The SMILES string of the molecule is COc1ccc(C=Nn2c(N)c(C(=O)NCCC3=CCCCC3)c3nc4ccccc4nc32)cc1OC. The summed E-state index contributed by atoms with van der Waals surface area (Å²) >= 11 is 0. The van der Waals surface area contributed by atoms with Gasteiger partial charge in [0.15, 0.2) is 17.1 Å². The zero-order chi connectivity index (χ0) is 25.8. The van der Waals surface area contributed by atoms with Gasteiger partial charge in [0.2, 0.25) is 0 Å². The van der Waals surface area contributed by atoms with E-state index >= 15 is 0 Å². The number of anilines is 1. The number of aromatic nitrogens is 3. The molecule has 2 aromatic heterocycles. The van der Waals surface area contributed by atoms with Crippen molar-refractivity contribution in [3.8, 4) is 11.5 Å². The Balaban J connectivity index is 1.51. The van der Waals surface area contributed by atoms with Gasteiger partial charge in [-0.1, -0.05) is 23.8 Å². The van der Waals surface area contributed by atoms with Gasteiger partial charge in [-0.2, -0.15) is 9.78 Å². The van der Waals surface area contributed by atoms with Crippen LogP contribution in [0, 0.1) is 0 Å². The molecular formula is C28H30N6O3. The van der Waals surface area contributed by atoms with Crippen LogP contribution < -0.4 is 20.5 Å². The number of hydrogen-bond acceptors (Lipinski definition) is 7. The molecule has 1 amide bonds. The van der Waals surface area contributed by atoms with E-state index in [1.165, 1.54) is 23.1 Å². The van der Waals surface area contributed by atoms with Crippen LogP contribution in [-0.4, -0.2) is 47.5 Å². The molecule has 0 saturated heterocycles. The molecular weight excluding hydrogens is 468 g/mol. The number of nitrogens with one attached hydrogen (secondary N) is 1. The number of amides is 1. The summed E-state index contributed by atoms with van der Waals surface area (Å²) in [5.41, 5.74) is 11.1. The number of carbonyl (C=O) groups is 1. The van der Waals surface area contributed by atoms with Gasteiger partial charge in [-0.25, -0.2) is 9.97 Å². The van der Waals surface area contributed by atoms with Gasteiger partial charge in [0.25, 0.3) is 5.91 Å². The largest absolute Gasteiger partial charge is 0.493 e. The van der Waals surface area contributed by atoms with Crippen molar-refractivity contribution in [2.45, 2.75) is 32.1 Å². The van der Waals surface area contributed by atoms with E-state index in [9.17, 15) is 4.79 Å². The Labute approximate surface area is 215 Å². The molecule has 9 nitrogen and oxygen atoms in total. The van der Waals surface area contributed by atoms with Crippen molar-refractivity contribution >= 4 is 40.1 Å². The number of hydrogen-bond donors (Lipinski definition) is 2. The second-order valence-electron chi connectivity index (χ2n) is 8.93. The Morgan fingerprint density at radius 1 is 1.11 bits per heavy atom. The van der Waals surface area contributed by atoms with Gasteiger partial charge >= 0.3 is 0 Å². The lowest BCUT2D eigenvalue weighted by molar-refractivity contribution is 0.0956. The molecule has 4 aromatic rings. The van der Waals surface area contributed by atoms with Crippen LogP contribution in [0.4, 0.5) is 5.82 Å². The summed E-state index contributed by atoms with van der Waals surface area (Å²) in [5, 5.41) is 7.60. The van der Waals surface area contributed by atoms with E-state index in [0.29, 0.717) is 40.2 Å². The number of ether oxygens (including phenoxy) is 2. The van der Waals surface area contributed by atoms with Gasteiger partial charge in [0.05, 0.1) is 31.5 Å². The van der Waals surface area contributed by atoms with Crippen LogP contribution in [-0.2, 0) is 0 Å². The monoisotopic (exact) mass is 498 g/mol. The van der Waals surface area contributed by atoms with Crippen LogP contribution in [0.15, 0.2) is 59.2 Å². The Morgan fingerprint density at radius 2 is 1.89 bits per heavy atom. The smallest absolute Gasteiger partial charge is 0.257 e. The normalized spacial score (nSPS) is 13.7. The minimum Gasteiger partial charge on any atom is -0.493 e. The molecule has 0 atom stereocenters. The van der Waals surface area contributed by atoms with Gasteiger partial charge < -0.3 is 20.5 Å². The zero-order valence-electron chi connectivity index (χ0n) is 21.0. The van der Waals surface area contributed by atoms with Crippen LogP contribution in [0.1, 0.15) is 48.0 Å². The van der Waals surface area contributed by atoms with Crippen molar-refractivity contribution < 1.29 is 14.3 Å². The summed E-state index contributed by atoms with van der Waals surface area (Å²) in [6.07, 6.45) is 9.41. The van der Waals surface area contributed by atoms with Crippen LogP contribution in [0.5, 0.6) is 11.5 Å². The van der Waals surface area contributed by atoms with Gasteiger partial charge in [-0.05, 0) is 68.0 Å². The number of nitrogens with zero attached hydrogens (tertiary/aromatic N) is 4. The number of benzene rings is 2. The lowest BCUT2D eigenvalue weighted by Crippen LogP contribution is -2.25. The highest BCUT2D eigenvalue weighted by Gasteiger charge is 2.24. The van der Waals surface area contributed by atoms with Gasteiger partial charge in [0, 0.05) is 6.54 Å². The first-order chi connectivity index (χ1) is 18.1. The summed E-state index contributed by atoms with van der Waals surface area (Å²) in [6.45, 7) is 0.534. The van der Waals surface area contributed by atoms with Gasteiger partial charge in [0.1, 0.15) is 16.9 Å². The minimum atomic E-state index is -0.288. The molecule has 9 heteroatoms. The molecule has 0 saturated carbocycles. The summed E-state index contributed by atoms with van der Waals surface area (Å²) in [5.74, 6) is 1.08. The summed E-state index contributed by atoms with van der Waals surface area (Å²) in [7, 11) is 3.16. The van der Waals surface area contributed by atoms with E-state index in [4.69, 9.17) is 25.2 Å². The molecule has 0 spiro atoms.